The van der Waals surface area contributed by atoms with E-state index in [9.17, 15) is 13.2 Å². The Labute approximate surface area is 156 Å². The van der Waals surface area contributed by atoms with E-state index in [2.05, 4.69) is 36.2 Å². The van der Waals surface area contributed by atoms with Gasteiger partial charge in [-0.3, -0.25) is 4.90 Å². The molecule has 3 rings (SSSR count). The molecule has 2 saturated heterocycles. The number of aryl methyl sites for hydroxylation is 1. The SMILES string of the molecule is CCCCNC(=O)N1CCN(Cc2ccccc2C)[C@@H]2CS(=O)(=O)C[C@@H]21. The summed E-state index contributed by atoms with van der Waals surface area (Å²) < 4.78 is 24.6. The maximum Gasteiger partial charge on any atom is 0.317 e. The minimum absolute atomic E-state index is 0.0726. The molecular weight excluding hydrogens is 350 g/mol. The van der Waals surface area contributed by atoms with Crippen molar-refractivity contribution in [3.63, 3.8) is 0 Å². The Morgan fingerprint density at radius 1 is 1.19 bits per heavy atom. The molecule has 26 heavy (non-hydrogen) atoms. The van der Waals surface area contributed by atoms with Gasteiger partial charge in [0.15, 0.2) is 9.84 Å². The molecule has 0 saturated carbocycles. The van der Waals surface area contributed by atoms with Crippen molar-refractivity contribution in [2.24, 2.45) is 0 Å². The smallest absolute Gasteiger partial charge is 0.317 e. The summed E-state index contributed by atoms with van der Waals surface area (Å²) in [5.74, 6) is 0.214. The van der Waals surface area contributed by atoms with Gasteiger partial charge in [0.05, 0.1) is 17.5 Å². The number of urea groups is 1. The Morgan fingerprint density at radius 2 is 1.92 bits per heavy atom. The summed E-state index contributed by atoms with van der Waals surface area (Å²) in [4.78, 5) is 16.5. The number of piperazine rings is 1. The number of carbonyl (C=O) groups is 1. The molecular formula is C19H29N3O3S. The quantitative estimate of drug-likeness (QED) is 0.792. The Balaban J connectivity index is 1.74. The molecule has 0 unspecified atom stereocenters. The molecule has 2 aliphatic heterocycles. The average molecular weight is 380 g/mol. The maximum absolute atomic E-state index is 12.5. The topological polar surface area (TPSA) is 69.7 Å². The van der Waals surface area contributed by atoms with E-state index in [0.717, 1.165) is 19.4 Å². The second-order valence-electron chi connectivity index (χ2n) is 7.39. The van der Waals surface area contributed by atoms with Gasteiger partial charge in [0.2, 0.25) is 0 Å². The number of nitrogens with one attached hydrogen (secondary N) is 1. The first-order valence-electron chi connectivity index (χ1n) is 9.44. The van der Waals surface area contributed by atoms with E-state index in [-0.39, 0.29) is 29.6 Å². The minimum Gasteiger partial charge on any atom is -0.338 e. The average Bonchev–Trinajstić information content (AvgIpc) is 2.92. The first-order valence-corrected chi connectivity index (χ1v) is 11.3. The van der Waals surface area contributed by atoms with Crippen LogP contribution < -0.4 is 5.32 Å². The van der Waals surface area contributed by atoms with Crippen LogP contribution >= 0.6 is 0 Å². The molecule has 0 spiro atoms. The van der Waals surface area contributed by atoms with Crippen LogP contribution in [-0.4, -0.2) is 67.5 Å². The lowest BCUT2D eigenvalue weighted by molar-refractivity contribution is 0.0605. The monoisotopic (exact) mass is 379 g/mol. The fourth-order valence-electron chi connectivity index (χ4n) is 3.95. The van der Waals surface area contributed by atoms with Crippen LogP contribution in [0.4, 0.5) is 4.79 Å². The van der Waals surface area contributed by atoms with Gasteiger partial charge in [-0.15, -0.1) is 0 Å². The van der Waals surface area contributed by atoms with Crippen molar-refractivity contribution >= 4 is 15.9 Å². The largest absolute Gasteiger partial charge is 0.338 e. The Hall–Kier alpha value is -1.60. The van der Waals surface area contributed by atoms with Gasteiger partial charge in [0.1, 0.15) is 0 Å². The number of carbonyl (C=O) groups excluding carboxylic acids is 1. The summed E-state index contributed by atoms with van der Waals surface area (Å²) in [7, 11) is -3.12. The van der Waals surface area contributed by atoms with Gasteiger partial charge in [-0.25, -0.2) is 13.2 Å². The van der Waals surface area contributed by atoms with Gasteiger partial charge < -0.3 is 10.2 Å². The highest BCUT2D eigenvalue weighted by Crippen LogP contribution is 2.28. The number of hydrogen-bond acceptors (Lipinski definition) is 4. The molecule has 0 bridgehead atoms. The standard InChI is InChI=1S/C19H29N3O3S/c1-3-4-9-20-19(23)22-11-10-21(12-16-8-6-5-7-15(16)2)17-13-26(24,25)14-18(17)22/h5-8,17-18H,3-4,9-14H2,1-2H3,(H,20,23)/t17-,18+/m1/s1. The first kappa shape index (κ1) is 19.2. The van der Waals surface area contributed by atoms with Crippen LogP contribution in [0.5, 0.6) is 0 Å². The van der Waals surface area contributed by atoms with Gasteiger partial charge in [-0.2, -0.15) is 0 Å². The van der Waals surface area contributed by atoms with Crippen molar-refractivity contribution < 1.29 is 13.2 Å². The highest BCUT2D eigenvalue weighted by atomic mass is 32.2. The third-order valence-corrected chi connectivity index (χ3v) is 7.19. The summed E-state index contributed by atoms with van der Waals surface area (Å²) in [5, 5.41) is 2.94. The lowest BCUT2D eigenvalue weighted by Gasteiger charge is -2.44. The van der Waals surface area contributed by atoms with Gasteiger partial charge in [-0.1, -0.05) is 37.6 Å². The predicted octanol–water partition coefficient (Wildman–Crippen LogP) is 1.79. The van der Waals surface area contributed by atoms with Crippen molar-refractivity contribution in [3.8, 4) is 0 Å². The van der Waals surface area contributed by atoms with Crippen LogP contribution in [0, 0.1) is 6.92 Å². The van der Waals surface area contributed by atoms with E-state index in [4.69, 9.17) is 0 Å². The number of amides is 2. The molecule has 1 N–H and O–H groups in total. The lowest BCUT2D eigenvalue weighted by Crippen LogP contribution is -2.62. The van der Waals surface area contributed by atoms with Crippen molar-refractivity contribution in [1.29, 1.82) is 0 Å². The Morgan fingerprint density at radius 3 is 2.65 bits per heavy atom. The number of hydrogen-bond donors (Lipinski definition) is 1. The van der Waals surface area contributed by atoms with Crippen LogP contribution in [0.3, 0.4) is 0 Å². The molecule has 7 heteroatoms. The number of nitrogens with zero attached hydrogens (tertiary/aromatic N) is 2. The fraction of sp³-hybridized carbons (Fsp3) is 0.632. The van der Waals surface area contributed by atoms with Crippen LogP contribution in [0.15, 0.2) is 24.3 Å². The number of benzene rings is 1. The molecule has 1 aromatic carbocycles. The van der Waals surface area contributed by atoms with E-state index >= 15 is 0 Å². The zero-order chi connectivity index (χ0) is 18.7. The summed E-state index contributed by atoms with van der Waals surface area (Å²) >= 11 is 0. The minimum atomic E-state index is -3.12. The van der Waals surface area contributed by atoms with Gasteiger partial charge in [0.25, 0.3) is 0 Å². The zero-order valence-corrected chi connectivity index (χ0v) is 16.5. The molecule has 0 radical (unpaired) electrons. The fourth-order valence-corrected chi connectivity index (χ4v) is 5.97. The Kier molecular flexibility index (Phi) is 5.87. The lowest BCUT2D eigenvalue weighted by atomic mass is 10.0. The molecule has 0 aliphatic carbocycles. The third kappa shape index (κ3) is 4.20. The molecule has 1 aromatic rings. The first-order chi connectivity index (χ1) is 12.4. The summed E-state index contributed by atoms with van der Waals surface area (Å²) in [6, 6.07) is 7.71. The molecule has 6 nitrogen and oxygen atoms in total. The van der Waals surface area contributed by atoms with Crippen LogP contribution in [-0.2, 0) is 16.4 Å². The number of fused-ring (bicyclic) bond motifs is 1. The van der Waals surface area contributed by atoms with Gasteiger partial charge in [-0.05, 0) is 24.5 Å². The van der Waals surface area contributed by atoms with E-state index < -0.39 is 9.84 Å². The van der Waals surface area contributed by atoms with Crippen LogP contribution in [0.1, 0.15) is 30.9 Å². The Bertz CT molecular complexity index is 750. The molecule has 0 aromatic heterocycles. The number of sulfone groups is 1. The van der Waals surface area contributed by atoms with Crippen molar-refractivity contribution in [3.05, 3.63) is 35.4 Å². The van der Waals surface area contributed by atoms with Crippen LogP contribution in [0.2, 0.25) is 0 Å². The van der Waals surface area contributed by atoms with E-state index in [1.807, 2.05) is 12.1 Å². The third-order valence-electron chi connectivity index (χ3n) is 5.49. The van der Waals surface area contributed by atoms with Crippen LogP contribution in [0.25, 0.3) is 0 Å². The molecule has 144 valence electrons. The predicted molar refractivity (Wildman–Crippen MR) is 103 cm³/mol. The van der Waals surface area contributed by atoms with Gasteiger partial charge in [0, 0.05) is 32.2 Å². The molecule has 2 heterocycles. The second kappa shape index (κ2) is 7.96. The van der Waals surface area contributed by atoms with Gasteiger partial charge >= 0.3 is 6.03 Å². The maximum atomic E-state index is 12.5. The summed E-state index contributed by atoms with van der Waals surface area (Å²) in [6.07, 6.45) is 1.95. The zero-order valence-electron chi connectivity index (χ0n) is 15.6. The molecule has 2 amide bonds. The van der Waals surface area contributed by atoms with Crippen molar-refractivity contribution in [2.75, 3.05) is 31.1 Å². The highest BCUT2D eigenvalue weighted by molar-refractivity contribution is 7.91. The molecule has 2 aliphatic rings. The van der Waals surface area contributed by atoms with Crippen molar-refractivity contribution in [2.45, 2.75) is 45.3 Å². The number of unbranched alkanes of at least 4 members (excludes halogenated alkanes) is 1. The normalized spacial score (nSPS) is 25.1. The highest BCUT2D eigenvalue weighted by Gasteiger charge is 2.47. The summed E-state index contributed by atoms with van der Waals surface area (Å²) in [6.45, 7) is 6.80. The second-order valence-corrected chi connectivity index (χ2v) is 9.54. The number of rotatable bonds is 5. The summed E-state index contributed by atoms with van der Waals surface area (Å²) in [5.41, 5.74) is 2.43. The molecule has 2 fully saturated rings. The molecule has 2 atom stereocenters. The van der Waals surface area contributed by atoms with E-state index in [1.54, 1.807) is 4.90 Å². The van der Waals surface area contributed by atoms with Crippen molar-refractivity contribution in [1.82, 2.24) is 15.1 Å². The van der Waals surface area contributed by atoms with E-state index in [1.165, 1.54) is 11.1 Å². The van der Waals surface area contributed by atoms with E-state index in [0.29, 0.717) is 19.6 Å².